The predicted molar refractivity (Wildman–Crippen MR) is 116 cm³/mol. The number of fused-ring (bicyclic) bond motifs is 1. The number of likely N-dealkylation sites (tertiary alicyclic amines) is 1. The minimum Gasteiger partial charge on any atom is -0.486 e. The monoisotopic (exact) mass is 448 g/mol. The highest BCUT2D eigenvalue weighted by Crippen LogP contribution is 2.35. The number of nitrogens with zero attached hydrogens (tertiary/aromatic N) is 1. The number of hydrogen-bond donors (Lipinski definition) is 1. The SMILES string of the molecule is CC1(C(=O)Nc2ccc3c(c2)OCCO3)CCN1C(=O)CCc1ccc(Cl)cc1Cl. The fourth-order valence-electron chi connectivity index (χ4n) is 3.68. The lowest BCUT2D eigenvalue weighted by molar-refractivity contribution is -0.154. The van der Waals surface area contributed by atoms with E-state index >= 15 is 0 Å². The largest absolute Gasteiger partial charge is 0.486 e. The number of benzene rings is 2. The van der Waals surface area contributed by atoms with Crippen LogP contribution in [0.3, 0.4) is 0 Å². The smallest absolute Gasteiger partial charge is 0.250 e. The Hall–Kier alpha value is -2.44. The van der Waals surface area contributed by atoms with E-state index in [1.54, 1.807) is 42.2 Å². The van der Waals surface area contributed by atoms with Gasteiger partial charge in [-0.15, -0.1) is 0 Å². The molecule has 1 fully saturated rings. The molecule has 1 saturated heterocycles. The van der Waals surface area contributed by atoms with Crippen LogP contribution in [0.1, 0.15) is 25.3 Å². The van der Waals surface area contributed by atoms with Gasteiger partial charge in [-0.05, 0) is 49.6 Å². The zero-order valence-electron chi connectivity index (χ0n) is 16.5. The van der Waals surface area contributed by atoms with Crippen molar-refractivity contribution in [3.63, 3.8) is 0 Å². The van der Waals surface area contributed by atoms with Crippen LogP contribution in [0.5, 0.6) is 11.5 Å². The molecule has 0 bridgehead atoms. The van der Waals surface area contributed by atoms with E-state index in [0.29, 0.717) is 59.8 Å². The Kier molecular flexibility index (Phi) is 5.80. The molecule has 30 heavy (non-hydrogen) atoms. The summed E-state index contributed by atoms with van der Waals surface area (Å²) >= 11 is 12.1. The van der Waals surface area contributed by atoms with Crippen LogP contribution in [0, 0.1) is 0 Å². The third-order valence-corrected chi connectivity index (χ3v) is 6.22. The van der Waals surface area contributed by atoms with E-state index in [0.717, 1.165) is 5.56 Å². The second kappa shape index (κ2) is 8.36. The van der Waals surface area contributed by atoms with Gasteiger partial charge in [0.25, 0.3) is 0 Å². The number of amides is 2. The second-order valence-corrected chi connectivity index (χ2v) is 8.46. The molecule has 0 spiro atoms. The van der Waals surface area contributed by atoms with Crippen LogP contribution >= 0.6 is 23.2 Å². The van der Waals surface area contributed by atoms with Crippen LogP contribution in [0.2, 0.25) is 10.0 Å². The molecule has 1 unspecified atom stereocenters. The Morgan fingerprint density at radius 1 is 1.10 bits per heavy atom. The lowest BCUT2D eigenvalue weighted by atomic mass is 9.84. The number of carbonyl (C=O) groups is 2. The van der Waals surface area contributed by atoms with Gasteiger partial charge in [0.15, 0.2) is 11.5 Å². The van der Waals surface area contributed by atoms with Crippen molar-refractivity contribution in [3.05, 3.63) is 52.0 Å². The standard InChI is InChI=1S/C22H22Cl2N2O4/c1-22(21(28)25-16-5-6-18-19(13-16)30-11-10-29-18)8-9-26(22)20(27)7-3-14-2-4-15(23)12-17(14)24/h2,4-6,12-13H,3,7-11H2,1H3,(H,25,28). The molecule has 2 aliphatic rings. The summed E-state index contributed by atoms with van der Waals surface area (Å²) in [5, 5.41) is 4.00. The van der Waals surface area contributed by atoms with Gasteiger partial charge in [0.2, 0.25) is 11.8 Å². The third-order valence-electron chi connectivity index (χ3n) is 5.63. The zero-order valence-corrected chi connectivity index (χ0v) is 18.1. The maximum Gasteiger partial charge on any atom is 0.250 e. The fraction of sp³-hybridized carbons (Fsp3) is 0.364. The second-order valence-electron chi connectivity index (χ2n) is 7.62. The summed E-state index contributed by atoms with van der Waals surface area (Å²) in [4.78, 5) is 27.4. The highest BCUT2D eigenvalue weighted by Gasteiger charge is 2.49. The average Bonchev–Trinajstić information content (AvgIpc) is 2.71. The number of halogens is 2. The van der Waals surface area contributed by atoms with Crippen molar-refractivity contribution in [3.8, 4) is 11.5 Å². The minimum absolute atomic E-state index is 0.0768. The van der Waals surface area contributed by atoms with Crippen molar-refractivity contribution >= 4 is 40.7 Å². The van der Waals surface area contributed by atoms with Gasteiger partial charge in [-0.3, -0.25) is 9.59 Å². The van der Waals surface area contributed by atoms with Gasteiger partial charge in [0.05, 0.1) is 0 Å². The molecule has 158 valence electrons. The molecule has 6 nitrogen and oxygen atoms in total. The molecule has 2 amide bonds. The Balaban J connectivity index is 1.38. The number of anilines is 1. The molecule has 2 aromatic carbocycles. The topological polar surface area (TPSA) is 67.9 Å². The highest BCUT2D eigenvalue weighted by atomic mass is 35.5. The first-order valence-electron chi connectivity index (χ1n) is 9.82. The quantitative estimate of drug-likeness (QED) is 0.738. The molecule has 0 saturated carbocycles. The maximum absolute atomic E-state index is 13.0. The zero-order chi connectivity index (χ0) is 21.3. The molecule has 1 atom stereocenters. The van der Waals surface area contributed by atoms with Crippen molar-refractivity contribution < 1.29 is 19.1 Å². The third kappa shape index (κ3) is 4.07. The average molecular weight is 449 g/mol. The van der Waals surface area contributed by atoms with E-state index in [2.05, 4.69) is 5.32 Å². The summed E-state index contributed by atoms with van der Waals surface area (Å²) in [5.41, 5.74) is 0.587. The fourth-order valence-corrected chi connectivity index (χ4v) is 4.19. The van der Waals surface area contributed by atoms with E-state index in [9.17, 15) is 9.59 Å². The van der Waals surface area contributed by atoms with Crippen molar-refractivity contribution in [2.75, 3.05) is 25.1 Å². The molecular formula is C22H22Cl2N2O4. The Bertz CT molecular complexity index is 997. The van der Waals surface area contributed by atoms with Crippen molar-refractivity contribution in [1.29, 1.82) is 0 Å². The van der Waals surface area contributed by atoms with Gasteiger partial charge in [0, 0.05) is 34.8 Å². The van der Waals surface area contributed by atoms with Crippen LogP contribution in [-0.2, 0) is 16.0 Å². The van der Waals surface area contributed by atoms with E-state index in [4.69, 9.17) is 32.7 Å². The first-order valence-corrected chi connectivity index (χ1v) is 10.6. The van der Waals surface area contributed by atoms with Gasteiger partial charge in [-0.2, -0.15) is 0 Å². The van der Waals surface area contributed by atoms with Crippen molar-refractivity contribution in [2.24, 2.45) is 0 Å². The lowest BCUT2D eigenvalue weighted by Gasteiger charge is -2.49. The van der Waals surface area contributed by atoms with Crippen LogP contribution in [0.15, 0.2) is 36.4 Å². The van der Waals surface area contributed by atoms with Crippen molar-refractivity contribution in [1.82, 2.24) is 4.90 Å². The molecule has 0 aromatic heterocycles. The molecule has 1 N–H and O–H groups in total. The molecule has 0 radical (unpaired) electrons. The summed E-state index contributed by atoms with van der Waals surface area (Å²) in [6.07, 6.45) is 1.37. The van der Waals surface area contributed by atoms with E-state index in [1.807, 2.05) is 6.07 Å². The number of carbonyl (C=O) groups excluding carboxylic acids is 2. The van der Waals surface area contributed by atoms with E-state index in [-0.39, 0.29) is 18.2 Å². The molecule has 2 heterocycles. The molecular weight excluding hydrogens is 427 g/mol. The van der Waals surface area contributed by atoms with Gasteiger partial charge < -0.3 is 19.7 Å². The summed E-state index contributed by atoms with van der Waals surface area (Å²) < 4.78 is 11.1. The minimum atomic E-state index is -0.881. The van der Waals surface area contributed by atoms with Gasteiger partial charge in [-0.25, -0.2) is 0 Å². The molecule has 4 rings (SSSR count). The maximum atomic E-state index is 13.0. The summed E-state index contributed by atoms with van der Waals surface area (Å²) in [7, 11) is 0. The van der Waals surface area contributed by atoms with E-state index < -0.39 is 5.54 Å². The number of ether oxygens (including phenoxy) is 2. The molecule has 0 aliphatic carbocycles. The van der Waals surface area contributed by atoms with Crippen LogP contribution in [0.25, 0.3) is 0 Å². The van der Waals surface area contributed by atoms with Gasteiger partial charge in [0.1, 0.15) is 18.8 Å². The first-order chi connectivity index (χ1) is 14.4. The van der Waals surface area contributed by atoms with Gasteiger partial charge >= 0.3 is 0 Å². The summed E-state index contributed by atoms with van der Waals surface area (Å²) in [5.74, 6) is 0.966. The van der Waals surface area contributed by atoms with Gasteiger partial charge in [-0.1, -0.05) is 29.3 Å². The summed E-state index contributed by atoms with van der Waals surface area (Å²) in [6.45, 7) is 3.33. The van der Waals surface area contributed by atoms with E-state index in [1.165, 1.54) is 0 Å². The molecule has 2 aliphatic heterocycles. The Morgan fingerprint density at radius 2 is 1.87 bits per heavy atom. The van der Waals surface area contributed by atoms with Crippen molar-refractivity contribution in [2.45, 2.75) is 31.7 Å². The summed E-state index contributed by atoms with van der Waals surface area (Å²) in [6, 6.07) is 10.5. The highest BCUT2D eigenvalue weighted by molar-refractivity contribution is 6.35. The van der Waals surface area contributed by atoms with Crippen LogP contribution in [-0.4, -0.2) is 42.0 Å². The number of aryl methyl sites for hydroxylation is 1. The Labute approximate surface area is 185 Å². The number of hydrogen-bond acceptors (Lipinski definition) is 4. The predicted octanol–water partition coefficient (Wildman–Crippen LogP) is 4.33. The van der Waals surface area contributed by atoms with Crippen LogP contribution < -0.4 is 14.8 Å². The van der Waals surface area contributed by atoms with Crippen LogP contribution in [0.4, 0.5) is 5.69 Å². The molecule has 8 heteroatoms. The number of rotatable bonds is 5. The first kappa shape index (κ1) is 20.8. The number of nitrogens with one attached hydrogen (secondary N) is 1. The molecule has 2 aromatic rings. The Morgan fingerprint density at radius 3 is 2.57 bits per heavy atom. The lowest BCUT2D eigenvalue weighted by Crippen LogP contribution is -2.66. The normalized spacial score (nSPS) is 19.8.